The SMILES string of the molecule is Cc1ccc(NC(=O)c2ccc(NC3CC3)c([N+](=O)[O-])c2)cc1I. The monoisotopic (exact) mass is 437 g/mol. The zero-order chi connectivity index (χ0) is 17.3. The molecule has 1 saturated carbocycles. The molecule has 124 valence electrons. The minimum atomic E-state index is -0.462. The van der Waals surface area contributed by atoms with Gasteiger partial charge in [0.25, 0.3) is 11.6 Å². The number of carbonyl (C=O) groups excluding carboxylic acids is 1. The normalized spacial score (nSPS) is 13.4. The fourth-order valence-electron chi connectivity index (χ4n) is 2.27. The van der Waals surface area contributed by atoms with Gasteiger partial charge in [-0.2, -0.15) is 0 Å². The molecule has 0 aromatic heterocycles. The van der Waals surface area contributed by atoms with Crippen molar-refractivity contribution in [2.45, 2.75) is 25.8 Å². The molecule has 3 rings (SSSR count). The number of nitro groups is 1. The van der Waals surface area contributed by atoms with Crippen LogP contribution in [0.3, 0.4) is 0 Å². The number of rotatable bonds is 5. The van der Waals surface area contributed by atoms with E-state index in [4.69, 9.17) is 0 Å². The molecule has 0 atom stereocenters. The van der Waals surface area contributed by atoms with Crippen molar-refractivity contribution in [2.24, 2.45) is 0 Å². The highest BCUT2D eigenvalue weighted by molar-refractivity contribution is 14.1. The average Bonchev–Trinajstić information content (AvgIpc) is 3.35. The first-order chi connectivity index (χ1) is 11.4. The molecule has 0 aliphatic heterocycles. The molecule has 0 unspecified atom stereocenters. The number of benzene rings is 2. The maximum atomic E-state index is 12.4. The maximum Gasteiger partial charge on any atom is 0.293 e. The van der Waals surface area contributed by atoms with Gasteiger partial charge >= 0.3 is 0 Å². The number of carbonyl (C=O) groups is 1. The van der Waals surface area contributed by atoms with Crippen LogP contribution in [0.25, 0.3) is 0 Å². The summed E-state index contributed by atoms with van der Waals surface area (Å²) in [6.45, 7) is 1.99. The summed E-state index contributed by atoms with van der Waals surface area (Å²) in [5.41, 5.74) is 2.44. The third-order valence-electron chi connectivity index (χ3n) is 3.82. The zero-order valence-electron chi connectivity index (χ0n) is 13.0. The van der Waals surface area contributed by atoms with Crippen molar-refractivity contribution in [1.82, 2.24) is 0 Å². The standard InChI is InChI=1S/C17H16IN3O3/c1-10-2-4-13(9-14(10)18)20-17(22)11-3-7-15(19-12-5-6-12)16(8-11)21(23)24/h2-4,7-9,12,19H,5-6H2,1H3,(H,20,22). The molecular weight excluding hydrogens is 421 g/mol. The van der Waals surface area contributed by atoms with E-state index in [0.29, 0.717) is 17.4 Å². The van der Waals surface area contributed by atoms with Gasteiger partial charge in [0.1, 0.15) is 5.69 Å². The van der Waals surface area contributed by atoms with Crippen LogP contribution in [0.2, 0.25) is 0 Å². The van der Waals surface area contributed by atoms with Crippen LogP contribution in [0.4, 0.5) is 17.1 Å². The van der Waals surface area contributed by atoms with Gasteiger partial charge in [0.05, 0.1) is 4.92 Å². The predicted molar refractivity (Wildman–Crippen MR) is 102 cm³/mol. The summed E-state index contributed by atoms with van der Waals surface area (Å²) in [6, 6.07) is 10.4. The third-order valence-corrected chi connectivity index (χ3v) is 4.99. The summed E-state index contributed by atoms with van der Waals surface area (Å²) in [5, 5.41) is 17.2. The van der Waals surface area contributed by atoms with Gasteiger partial charge in [-0.1, -0.05) is 6.07 Å². The maximum absolute atomic E-state index is 12.4. The van der Waals surface area contributed by atoms with Gasteiger partial charge in [0.15, 0.2) is 0 Å². The van der Waals surface area contributed by atoms with Gasteiger partial charge in [-0.05, 0) is 72.2 Å². The highest BCUT2D eigenvalue weighted by atomic mass is 127. The van der Waals surface area contributed by atoms with Crippen LogP contribution in [0.1, 0.15) is 28.8 Å². The topological polar surface area (TPSA) is 84.3 Å². The van der Waals surface area contributed by atoms with E-state index in [1.165, 1.54) is 6.07 Å². The molecule has 0 radical (unpaired) electrons. The van der Waals surface area contributed by atoms with Gasteiger partial charge in [-0.15, -0.1) is 0 Å². The lowest BCUT2D eigenvalue weighted by Gasteiger charge is -2.09. The van der Waals surface area contributed by atoms with Crippen LogP contribution in [0.15, 0.2) is 36.4 Å². The number of aryl methyl sites for hydroxylation is 1. The zero-order valence-corrected chi connectivity index (χ0v) is 15.2. The van der Waals surface area contributed by atoms with Gasteiger partial charge in [-0.25, -0.2) is 0 Å². The summed E-state index contributed by atoms with van der Waals surface area (Å²) < 4.78 is 1.04. The molecular formula is C17H16IN3O3. The van der Waals surface area contributed by atoms with Gasteiger partial charge in [0, 0.05) is 26.9 Å². The minimum Gasteiger partial charge on any atom is -0.377 e. The Morgan fingerprint density at radius 1 is 1.25 bits per heavy atom. The van der Waals surface area contributed by atoms with Crippen LogP contribution >= 0.6 is 22.6 Å². The average molecular weight is 437 g/mol. The van der Waals surface area contributed by atoms with E-state index in [1.54, 1.807) is 12.1 Å². The smallest absolute Gasteiger partial charge is 0.293 e. The summed E-state index contributed by atoms with van der Waals surface area (Å²) in [6.07, 6.45) is 2.04. The molecule has 0 saturated heterocycles. The highest BCUT2D eigenvalue weighted by Crippen LogP contribution is 2.31. The van der Waals surface area contributed by atoms with Crippen molar-refractivity contribution in [1.29, 1.82) is 0 Å². The Kier molecular flexibility index (Phi) is 4.70. The second kappa shape index (κ2) is 6.76. The van der Waals surface area contributed by atoms with Crippen LogP contribution in [0, 0.1) is 20.6 Å². The lowest BCUT2D eigenvalue weighted by atomic mass is 10.1. The number of halogens is 1. The second-order valence-corrected chi connectivity index (χ2v) is 6.99. The number of hydrogen-bond donors (Lipinski definition) is 2. The van der Waals surface area contributed by atoms with Gasteiger partial charge in [0.2, 0.25) is 0 Å². The summed E-state index contributed by atoms with van der Waals surface area (Å²) >= 11 is 2.20. The second-order valence-electron chi connectivity index (χ2n) is 5.83. The number of hydrogen-bond acceptors (Lipinski definition) is 4. The van der Waals surface area contributed by atoms with Gasteiger partial charge < -0.3 is 10.6 Å². The van der Waals surface area contributed by atoms with E-state index in [2.05, 4.69) is 33.2 Å². The molecule has 0 heterocycles. The number of nitrogens with one attached hydrogen (secondary N) is 2. The quantitative estimate of drug-likeness (QED) is 0.414. The van der Waals surface area contributed by atoms with E-state index in [0.717, 1.165) is 22.0 Å². The largest absolute Gasteiger partial charge is 0.377 e. The van der Waals surface area contributed by atoms with E-state index in [1.807, 2.05) is 25.1 Å². The molecule has 1 amide bonds. The Labute approximate surface area is 152 Å². The Hall–Kier alpha value is -2.16. The summed E-state index contributed by atoms with van der Waals surface area (Å²) in [5.74, 6) is -0.365. The molecule has 1 aliphatic carbocycles. The first-order valence-electron chi connectivity index (χ1n) is 7.56. The predicted octanol–water partition coefficient (Wildman–Crippen LogP) is 4.33. The minimum absolute atomic E-state index is 0.0759. The molecule has 0 spiro atoms. The number of nitrogens with zero attached hydrogens (tertiary/aromatic N) is 1. The van der Waals surface area contributed by atoms with E-state index in [-0.39, 0.29) is 17.2 Å². The van der Waals surface area contributed by atoms with Crippen LogP contribution < -0.4 is 10.6 Å². The van der Waals surface area contributed by atoms with Crippen molar-refractivity contribution >= 4 is 45.6 Å². The highest BCUT2D eigenvalue weighted by Gasteiger charge is 2.25. The van der Waals surface area contributed by atoms with E-state index >= 15 is 0 Å². The van der Waals surface area contributed by atoms with Crippen molar-refractivity contribution in [3.05, 3.63) is 61.2 Å². The van der Waals surface area contributed by atoms with Crippen molar-refractivity contribution in [3.63, 3.8) is 0 Å². The fraction of sp³-hybridized carbons (Fsp3) is 0.235. The Balaban J connectivity index is 1.82. The molecule has 1 fully saturated rings. The Morgan fingerprint density at radius 2 is 2.00 bits per heavy atom. The summed E-state index contributed by atoms with van der Waals surface area (Å²) in [4.78, 5) is 23.2. The summed E-state index contributed by atoms with van der Waals surface area (Å²) in [7, 11) is 0. The van der Waals surface area contributed by atoms with Crippen LogP contribution in [0.5, 0.6) is 0 Å². The van der Waals surface area contributed by atoms with E-state index < -0.39 is 4.92 Å². The molecule has 7 heteroatoms. The molecule has 1 aliphatic rings. The Morgan fingerprint density at radius 3 is 2.62 bits per heavy atom. The molecule has 6 nitrogen and oxygen atoms in total. The van der Waals surface area contributed by atoms with Crippen molar-refractivity contribution in [2.75, 3.05) is 10.6 Å². The first kappa shape index (κ1) is 16.7. The van der Waals surface area contributed by atoms with Crippen molar-refractivity contribution < 1.29 is 9.72 Å². The van der Waals surface area contributed by atoms with Gasteiger partial charge in [-0.3, -0.25) is 14.9 Å². The van der Waals surface area contributed by atoms with Crippen LogP contribution in [-0.2, 0) is 0 Å². The third kappa shape index (κ3) is 3.84. The molecule has 2 aromatic carbocycles. The number of amides is 1. The lowest BCUT2D eigenvalue weighted by Crippen LogP contribution is -2.13. The van der Waals surface area contributed by atoms with E-state index in [9.17, 15) is 14.9 Å². The van der Waals surface area contributed by atoms with Crippen LogP contribution in [-0.4, -0.2) is 16.9 Å². The molecule has 2 N–H and O–H groups in total. The lowest BCUT2D eigenvalue weighted by molar-refractivity contribution is -0.384. The number of anilines is 2. The Bertz CT molecular complexity index is 819. The molecule has 2 aromatic rings. The first-order valence-corrected chi connectivity index (χ1v) is 8.64. The fourth-order valence-corrected chi connectivity index (χ4v) is 2.78. The molecule has 0 bridgehead atoms. The molecule has 24 heavy (non-hydrogen) atoms. The van der Waals surface area contributed by atoms with Crippen molar-refractivity contribution in [3.8, 4) is 0 Å². The number of nitro benzene ring substituents is 1.